The van der Waals surface area contributed by atoms with E-state index in [1.165, 1.54) is 5.01 Å². The van der Waals surface area contributed by atoms with Gasteiger partial charge in [-0.2, -0.15) is 0 Å². The Hall–Kier alpha value is -1.23. The molecule has 0 aliphatic carbocycles. The zero-order valence-corrected chi connectivity index (χ0v) is 11.4. The summed E-state index contributed by atoms with van der Waals surface area (Å²) in [5.74, 6) is 0. The molecule has 0 radical (unpaired) electrons. The van der Waals surface area contributed by atoms with Gasteiger partial charge in [-0.05, 0) is 12.0 Å². The van der Waals surface area contributed by atoms with Crippen molar-refractivity contribution in [3.05, 3.63) is 52.0 Å². The first kappa shape index (κ1) is 13.2. The van der Waals surface area contributed by atoms with Crippen LogP contribution in [0.3, 0.4) is 0 Å². The maximum absolute atomic E-state index is 6.11. The second-order valence-electron chi connectivity index (χ2n) is 4.23. The van der Waals surface area contributed by atoms with Crippen LogP contribution in [0.5, 0.6) is 0 Å². The lowest BCUT2D eigenvalue weighted by molar-refractivity contribution is 0.593. The van der Waals surface area contributed by atoms with Crippen LogP contribution >= 0.6 is 11.3 Å². The molecule has 0 spiro atoms. The summed E-state index contributed by atoms with van der Waals surface area (Å²) in [6.45, 7) is 3.68. The number of aryl methyl sites for hydroxylation is 1. The van der Waals surface area contributed by atoms with Crippen LogP contribution in [0, 0.1) is 0 Å². The number of nitrogens with two attached hydrogens (primary N) is 1. The van der Waals surface area contributed by atoms with Gasteiger partial charge in [0, 0.05) is 24.5 Å². The summed E-state index contributed by atoms with van der Waals surface area (Å²) < 4.78 is 0. The second kappa shape index (κ2) is 6.64. The number of rotatable bonds is 6. The first-order valence-electron chi connectivity index (χ1n) is 6.24. The Kier molecular flexibility index (Phi) is 4.87. The first-order chi connectivity index (χ1) is 8.79. The third-order valence-electron chi connectivity index (χ3n) is 2.80. The predicted molar refractivity (Wildman–Crippen MR) is 76.6 cm³/mol. The zero-order valence-electron chi connectivity index (χ0n) is 10.6. The zero-order chi connectivity index (χ0) is 12.8. The maximum Gasteiger partial charge on any atom is 0.0926 e. The topological polar surface area (TPSA) is 50.9 Å². The Balaban J connectivity index is 1.78. The summed E-state index contributed by atoms with van der Waals surface area (Å²) in [5.41, 5.74) is 8.38. The lowest BCUT2D eigenvalue weighted by atomic mass is 10.1. The molecule has 0 bridgehead atoms. The second-order valence-corrected chi connectivity index (χ2v) is 5.18. The molecule has 0 amide bonds. The molecule has 1 unspecified atom stereocenters. The first-order valence-corrected chi connectivity index (χ1v) is 7.12. The van der Waals surface area contributed by atoms with Gasteiger partial charge in [-0.15, -0.1) is 11.3 Å². The van der Waals surface area contributed by atoms with Crippen molar-refractivity contribution >= 4 is 11.3 Å². The molecular weight excluding hydrogens is 242 g/mol. The molecule has 1 atom stereocenters. The summed E-state index contributed by atoms with van der Waals surface area (Å²) in [7, 11) is 0. The van der Waals surface area contributed by atoms with Crippen molar-refractivity contribution in [2.24, 2.45) is 5.73 Å². The number of nitrogens with zero attached hydrogens (tertiary/aromatic N) is 1. The molecule has 1 aromatic carbocycles. The van der Waals surface area contributed by atoms with Gasteiger partial charge in [0.05, 0.1) is 10.7 Å². The van der Waals surface area contributed by atoms with Crippen molar-refractivity contribution in [2.45, 2.75) is 25.9 Å². The van der Waals surface area contributed by atoms with E-state index >= 15 is 0 Å². The van der Waals surface area contributed by atoms with Crippen molar-refractivity contribution in [1.82, 2.24) is 10.3 Å². The fraction of sp³-hybridized carbons (Fsp3) is 0.357. The smallest absolute Gasteiger partial charge is 0.0926 e. The Bertz CT molecular complexity index is 467. The largest absolute Gasteiger partial charge is 0.323 e. The van der Waals surface area contributed by atoms with Gasteiger partial charge >= 0.3 is 0 Å². The number of aromatic nitrogens is 1. The molecule has 0 aliphatic heterocycles. The van der Waals surface area contributed by atoms with Gasteiger partial charge in [0.25, 0.3) is 0 Å². The molecule has 3 nitrogen and oxygen atoms in total. The van der Waals surface area contributed by atoms with Crippen LogP contribution in [0.2, 0.25) is 0 Å². The predicted octanol–water partition coefficient (Wildman–Crippen LogP) is 2.50. The van der Waals surface area contributed by atoms with Crippen LogP contribution in [0.4, 0.5) is 0 Å². The molecule has 1 heterocycles. The van der Waals surface area contributed by atoms with Crippen LogP contribution in [-0.4, -0.2) is 11.5 Å². The van der Waals surface area contributed by atoms with Crippen molar-refractivity contribution < 1.29 is 0 Å². The Morgan fingerprint density at radius 3 is 2.78 bits per heavy atom. The number of nitrogens with one attached hydrogen (secondary N) is 1. The average molecular weight is 261 g/mol. The van der Waals surface area contributed by atoms with Gasteiger partial charge in [0.1, 0.15) is 0 Å². The third-order valence-corrected chi connectivity index (χ3v) is 3.84. The highest BCUT2D eigenvalue weighted by Crippen LogP contribution is 2.11. The summed E-state index contributed by atoms with van der Waals surface area (Å²) in [4.78, 5) is 4.51. The molecule has 0 saturated heterocycles. The molecule has 0 saturated carbocycles. The van der Waals surface area contributed by atoms with Crippen LogP contribution in [0.25, 0.3) is 0 Å². The van der Waals surface area contributed by atoms with Gasteiger partial charge in [-0.3, -0.25) is 0 Å². The van der Waals surface area contributed by atoms with Crippen molar-refractivity contribution in [2.75, 3.05) is 6.54 Å². The van der Waals surface area contributed by atoms with Gasteiger partial charge in [0.2, 0.25) is 0 Å². The minimum Gasteiger partial charge on any atom is -0.323 e. The summed E-state index contributed by atoms with van der Waals surface area (Å²) >= 11 is 1.72. The van der Waals surface area contributed by atoms with Crippen LogP contribution in [0.15, 0.2) is 35.7 Å². The quantitative estimate of drug-likeness (QED) is 0.840. The third kappa shape index (κ3) is 3.63. The highest BCUT2D eigenvalue weighted by atomic mass is 32.1. The minimum absolute atomic E-state index is 0.0375. The molecule has 18 heavy (non-hydrogen) atoms. The van der Waals surface area contributed by atoms with Crippen molar-refractivity contribution in [1.29, 1.82) is 0 Å². The van der Waals surface area contributed by atoms with E-state index in [1.807, 2.05) is 18.2 Å². The standard InChI is InChI=1S/C14H19N3S/c1-2-14-17-12(10-18-14)8-16-9-13(15)11-6-4-3-5-7-11/h3-7,10,13,16H,2,8-9,15H2,1H3. The van der Waals surface area contributed by atoms with Gasteiger partial charge < -0.3 is 11.1 Å². The molecular formula is C14H19N3S. The van der Waals surface area contributed by atoms with Crippen molar-refractivity contribution in [3.63, 3.8) is 0 Å². The van der Waals surface area contributed by atoms with E-state index in [1.54, 1.807) is 11.3 Å². The van der Waals surface area contributed by atoms with Gasteiger partial charge in [-0.25, -0.2) is 4.98 Å². The van der Waals surface area contributed by atoms with E-state index in [-0.39, 0.29) is 6.04 Å². The molecule has 4 heteroatoms. The average Bonchev–Trinajstić information content (AvgIpc) is 2.87. The van der Waals surface area contributed by atoms with Crippen LogP contribution < -0.4 is 11.1 Å². The SMILES string of the molecule is CCc1nc(CNCC(N)c2ccccc2)cs1. The molecule has 2 aromatic rings. The van der Waals surface area contributed by atoms with E-state index in [9.17, 15) is 0 Å². The molecule has 2 rings (SSSR count). The minimum atomic E-state index is 0.0375. The normalized spacial score (nSPS) is 12.6. The highest BCUT2D eigenvalue weighted by molar-refractivity contribution is 7.09. The van der Waals surface area contributed by atoms with E-state index in [2.05, 4.69) is 34.7 Å². The Labute approximate surface area is 112 Å². The molecule has 3 N–H and O–H groups in total. The molecule has 0 fully saturated rings. The fourth-order valence-electron chi connectivity index (χ4n) is 1.77. The van der Waals surface area contributed by atoms with Crippen molar-refractivity contribution in [3.8, 4) is 0 Å². The Morgan fingerprint density at radius 2 is 2.11 bits per heavy atom. The Morgan fingerprint density at radius 1 is 1.33 bits per heavy atom. The number of thiazole rings is 1. The van der Waals surface area contributed by atoms with E-state index in [4.69, 9.17) is 5.73 Å². The summed E-state index contributed by atoms with van der Waals surface area (Å²) in [6.07, 6.45) is 1.01. The highest BCUT2D eigenvalue weighted by Gasteiger charge is 2.05. The lowest BCUT2D eigenvalue weighted by Gasteiger charge is -2.12. The summed E-state index contributed by atoms with van der Waals surface area (Å²) in [6, 6.07) is 10.2. The summed E-state index contributed by atoms with van der Waals surface area (Å²) in [5, 5.41) is 6.66. The number of hydrogen-bond donors (Lipinski definition) is 2. The maximum atomic E-state index is 6.11. The lowest BCUT2D eigenvalue weighted by Crippen LogP contribution is -2.26. The van der Waals surface area contributed by atoms with E-state index < -0.39 is 0 Å². The molecule has 1 aromatic heterocycles. The monoisotopic (exact) mass is 261 g/mol. The van der Waals surface area contributed by atoms with Gasteiger partial charge in [0.15, 0.2) is 0 Å². The number of benzene rings is 1. The van der Waals surface area contributed by atoms with Crippen LogP contribution in [0.1, 0.15) is 29.2 Å². The molecule has 0 aliphatic rings. The molecule has 96 valence electrons. The van der Waals surface area contributed by atoms with E-state index in [0.29, 0.717) is 0 Å². The van der Waals surface area contributed by atoms with E-state index in [0.717, 1.165) is 30.8 Å². The van der Waals surface area contributed by atoms with Gasteiger partial charge in [-0.1, -0.05) is 37.3 Å². The number of hydrogen-bond acceptors (Lipinski definition) is 4. The fourth-order valence-corrected chi connectivity index (χ4v) is 2.51. The van der Waals surface area contributed by atoms with Crippen LogP contribution in [-0.2, 0) is 13.0 Å².